The van der Waals surface area contributed by atoms with Gasteiger partial charge in [-0.25, -0.2) is 8.42 Å². The third-order valence-electron chi connectivity index (χ3n) is 4.66. The molecule has 0 saturated carbocycles. The van der Waals surface area contributed by atoms with Crippen LogP contribution < -0.4 is 10.1 Å². The molecule has 0 aliphatic rings. The van der Waals surface area contributed by atoms with Crippen LogP contribution in [0.2, 0.25) is 10.0 Å². The molecule has 168 valence electrons. The van der Waals surface area contributed by atoms with Crippen LogP contribution in [0.15, 0.2) is 71.6 Å². The van der Waals surface area contributed by atoms with Gasteiger partial charge in [0.15, 0.2) is 0 Å². The largest absolute Gasteiger partial charge is 0.495 e. The highest BCUT2D eigenvalue weighted by Crippen LogP contribution is 2.29. The van der Waals surface area contributed by atoms with Crippen LogP contribution in [-0.4, -0.2) is 32.3 Å². The van der Waals surface area contributed by atoms with Gasteiger partial charge in [-0.05, 0) is 48.4 Å². The molecule has 0 aliphatic carbocycles. The first-order valence-corrected chi connectivity index (χ1v) is 11.8. The number of carbonyl (C=O) groups excluding carboxylic acids is 1. The van der Waals surface area contributed by atoms with Gasteiger partial charge in [-0.1, -0.05) is 59.6 Å². The fraction of sp³-hybridized carbons (Fsp3) is 0.174. The third kappa shape index (κ3) is 5.81. The molecule has 32 heavy (non-hydrogen) atoms. The lowest BCUT2D eigenvalue weighted by Gasteiger charge is -2.23. The molecule has 3 aromatic rings. The van der Waals surface area contributed by atoms with Crippen LogP contribution in [0.5, 0.6) is 5.75 Å². The average Bonchev–Trinajstić information content (AvgIpc) is 2.76. The molecule has 0 saturated heterocycles. The Morgan fingerprint density at radius 1 is 1.03 bits per heavy atom. The van der Waals surface area contributed by atoms with Gasteiger partial charge in [0.05, 0.1) is 24.4 Å². The molecule has 0 spiro atoms. The number of sulfonamides is 1. The Bertz CT molecular complexity index is 1220. The maximum Gasteiger partial charge on any atom is 0.247 e. The molecule has 0 fully saturated rings. The van der Waals surface area contributed by atoms with Crippen LogP contribution in [0.1, 0.15) is 11.1 Å². The Balaban J connectivity index is 1.96. The van der Waals surface area contributed by atoms with E-state index in [0.717, 1.165) is 15.4 Å². The van der Waals surface area contributed by atoms with Crippen molar-refractivity contribution in [3.05, 3.63) is 87.9 Å². The van der Waals surface area contributed by atoms with Crippen LogP contribution in [0.4, 0.5) is 5.69 Å². The van der Waals surface area contributed by atoms with Crippen molar-refractivity contribution in [2.45, 2.75) is 18.4 Å². The number of amides is 1. The lowest BCUT2D eigenvalue weighted by molar-refractivity contribution is -0.116. The van der Waals surface area contributed by atoms with E-state index in [1.165, 1.54) is 19.2 Å². The number of halogens is 2. The van der Waals surface area contributed by atoms with Crippen molar-refractivity contribution in [1.82, 2.24) is 4.31 Å². The number of rotatable bonds is 8. The molecule has 0 atom stereocenters. The van der Waals surface area contributed by atoms with Gasteiger partial charge in [-0.15, -0.1) is 0 Å². The van der Waals surface area contributed by atoms with Gasteiger partial charge in [-0.2, -0.15) is 4.31 Å². The summed E-state index contributed by atoms with van der Waals surface area (Å²) in [5, 5.41) is 3.32. The smallest absolute Gasteiger partial charge is 0.247 e. The molecule has 3 aromatic carbocycles. The van der Waals surface area contributed by atoms with Crippen LogP contribution in [-0.2, 0) is 21.4 Å². The minimum absolute atomic E-state index is 0.00301. The molecule has 0 aromatic heterocycles. The highest BCUT2D eigenvalue weighted by atomic mass is 35.5. The number of methoxy groups -OCH3 is 1. The van der Waals surface area contributed by atoms with Crippen molar-refractivity contribution in [1.29, 1.82) is 0 Å². The van der Waals surface area contributed by atoms with Gasteiger partial charge in [0.1, 0.15) is 10.6 Å². The first-order valence-electron chi connectivity index (χ1n) is 9.64. The molecule has 0 aliphatic heterocycles. The van der Waals surface area contributed by atoms with Gasteiger partial charge >= 0.3 is 0 Å². The van der Waals surface area contributed by atoms with Gasteiger partial charge < -0.3 is 10.1 Å². The summed E-state index contributed by atoms with van der Waals surface area (Å²) < 4.78 is 33.6. The van der Waals surface area contributed by atoms with E-state index >= 15 is 0 Å². The molecule has 3 rings (SSSR count). The fourth-order valence-corrected chi connectivity index (χ4v) is 5.04. The van der Waals surface area contributed by atoms with Crippen molar-refractivity contribution < 1.29 is 17.9 Å². The van der Waals surface area contributed by atoms with Gasteiger partial charge in [0.25, 0.3) is 0 Å². The van der Waals surface area contributed by atoms with E-state index in [0.29, 0.717) is 15.7 Å². The molecule has 0 radical (unpaired) electrons. The molecular weight excluding hydrogens is 471 g/mol. The first kappa shape index (κ1) is 24.1. The second-order valence-corrected chi connectivity index (χ2v) is 9.84. The van der Waals surface area contributed by atoms with Crippen molar-refractivity contribution in [2.24, 2.45) is 0 Å². The van der Waals surface area contributed by atoms with Crippen LogP contribution in [0.25, 0.3) is 0 Å². The number of benzene rings is 3. The quantitative estimate of drug-likeness (QED) is 0.472. The highest BCUT2D eigenvalue weighted by molar-refractivity contribution is 7.89. The van der Waals surface area contributed by atoms with E-state index in [4.69, 9.17) is 27.9 Å². The number of aryl methyl sites for hydroxylation is 1. The third-order valence-corrected chi connectivity index (χ3v) is 7.04. The molecule has 1 N–H and O–H groups in total. The predicted octanol–water partition coefficient (Wildman–Crippen LogP) is 5.14. The summed E-state index contributed by atoms with van der Waals surface area (Å²) in [6.07, 6.45) is 0. The lowest BCUT2D eigenvalue weighted by atomic mass is 10.2. The maximum atomic E-state index is 13.6. The first-order chi connectivity index (χ1) is 15.2. The fourth-order valence-electron chi connectivity index (χ4n) is 3.08. The van der Waals surface area contributed by atoms with E-state index in [1.54, 1.807) is 55.5 Å². The number of ether oxygens (including phenoxy) is 1. The summed E-state index contributed by atoms with van der Waals surface area (Å²) >= 11 is 12.1. The Labute approximate surface area is 197 Å². The van der Waals surface area contributed by atoms with Crippen molar-refractivity contribution in [3.8, 4) is 5.75 Å². The van der Waals surface area contributed by atoms with Crippen LogP contribution >= 0.6 is 23.2 Å². The Morgan fingerprint density at radius 3 is 2.44 bits per heavy atom. The van der Waals surface area contributed by atoms with E-state index in [1.807, 2.05) is 6.07 Å². The second-order valence-electron chi connectivity index (χ2n) is 7.09. The maximum absolute atomic E-state index is 13.6. The van der Waals surface area contributed by atoms with Crippen molar-refractivity contribution >= 4 is 44.8 Å². The van der Waals surface area contributed by atoms with Gasteiger partial charge in [0, 0.05) is 11.6 Å². The minimum atomic E-state index is -4.08. The van der Waals surface area contributed by atoms with E-state index in [-0.39, 0.29) is 17.2 Å². The number of anilines is 1. The molecule has 0 heterocycles. The number of nitrogens with one attached hydrogen (secondary N) is 1. The monoisotopic (exact) mass is 492 g/mol. The van der Waals surface area contributed by atoms with Crippen LogP contribution in [0, 0.1) is 6.92 Å². The van der Waals surface area contributed by atoms with E-state index in [2.05, 4.69) is 5.32 Å². The van der Waals surface area contributed by atoms with E-state index in [9.17, 15) is 13.2 Å². The molecule has 1 amide bonds. The van der Waals surface area contributed by atoms with Gasteiger partial charge in [0.2, 0.25) is 15.9 Å². The number of hydrogen-bond acceptors (Lipinski definition) is 4. The van der Waals surface area contributed by atoms with E-state index < -0.39 is 22.5 Å². The van der Waals surface area contributed by atoms with Gasteiger partial charge in [-0.3, -0.25) is 4.79 Å². The number of nitrogens with zero attached hydrogens (tertiary/aromatic N) is 1. The van der Waals surface area contributed by atoms with Crippen molar-refractivity contribution in [3.63, 3.8) is 0 Å². The zero-order valence-electron chi connectivity index (χ0n) is 17.5. The predicted molar refractivity (Wildman–Crippen MR) is 127 cm³/mol. The molecule has 6 nitrogen and oxygen atoms in total. The normalized spacial score (nSPS) is 11.4. The molecule has 9 heteroatoms. The number of carbonyl (C=O) groups is 1. The molecule has 0 unspecified atom stereocenters. The summed E-state index contributed by atoms with van der Waals surface area (Å²) in [7, 11) is -2.68. The Morgan fingerprint density at radius 2 is 1.75 bits per heavy atom. The summed E-state index contributed by atoms with van der Waals surface area (Å²) in [4.78, 5) is 12.8. The lowest BCUT2D eigenvalue weighted by Crippen LogP contribution is -2.37. The Hall–Kier alpha value is -2.58. The second kappa shape index (κ2) is 10.4. The highest BCUT2D eigenvalue weighted by Gasteiger charge is 2.30. The summed E-state index contributed by atoms with van der Waals surface area (Å²) in [5.41, 5.74) is 1.78. The Kier molecular flexibility index (Phi) is 7.79. The number of hydrogen-bond donors (Lipinski definition) is 1. The van der Waals surface area contributed by atoms with Crippen LogP contribution in [0.3, 0.4) is 0 Å². The molecule has 0 bridgehead atoms. The average molecular weight is 493 g/mol. The minimum Gasteiger partial charge on any atom is -0.495 e. The zero-order chi connectivity index (χ0) is 23.3. The standard InChI is InChI=1S/C23H22Cl2N2O4S/c1-16-8-11-21(31-2)22(12-16)32(29,30)27(14-17-6-4-3-5-7-17)15-23(28)26-20-13-18(24)9-10-19(20)25/h3-13H,14-15H2,1-2H3,(H,26,28). The summed E-state index contributed by atoms with van der Waals surface area (Å²) in [5.74, 6) is -0.354. The summed E-state index contributed by atoms with van der Waals surface area (Å²) in [6.45, 7) is 1.35. The zero-order valence-corrected chi connectivity index (χ0v) is 19.8. The molecular formula is C23H22Cl2N2O4S. The topological polar surface area (TPSA) is 75.7 Å². The van der Waals surface area contributed by atoms with Crippen molar-refractivity contribution in [2.75, 3.05) is 19.0 Å². The summed E-state index contributed by atoms with van der Waals surface area (Å²) in [6, 6.07) is 18.5. The SMILES string of the molecule is COc1ccc(C)cc1S(=O)(=O)N(CC(=O)Nc1cc(Cl)ccc1Cl)Cc1ccccc1.